The van der Waals surface area contributed by atoms with Crippen LogP contribution in [0, 0.1) is 0 Å². The van der Waals surface area contributed by atoms with Crippen LogP contribution < -0.4 is 5.32 Å². The lowest BCUT2D eigenvalue weighted by Crippen LogP contribution is -2.01. The van der Waals surface area contributed by atoms with Gasteiger partial charge in [-0.2, -0.15) is 0 Å². The van der Waals surface area contributed by atoms with Crippen LogP contribution in [0.2, 0.25) is 0 Å². The van der Waals surface area contributed by atoms with E-state index in [0.717, 1.165) is 6.42 Å². The molecule has 1 aromatic rings. The number of para-hydroxylation sites is 1. The first-order valence-corrected chi connectivity index (χ1v) is 5.17. The van der Waals surface area contributed by atoms with Crippen molar-refractivity contribution < 1.29 is 0 Å². The third-order valence-electron chi connectivity index (χ3n) is 2.74. The summed E-state index contributed by atoms with van der Waals surface area (Å²) in [6, 6.07) is 6.37. The van der Waals surface area contributed by atoms with Crippen LogP contribution in [0.3, 0.4) is 0 Å². The smallest absolute Gasteiger partial charge is 0.0446 e. The Morgan fingerprint density at radius 2 is 2.21 bits per heavy atom. The molecule has 14 heavy (non-hydrogen) atoms. The minimum Gasteiger partial charge on any atom is -0.387 e. The predicted molar refractivity (Wildman–Crippen MR) is 64.8 cm³/mol. The molecule has 0 saturated heterocycles. The van der Waals surface area contributed by atoms with E-state index in [4.69, 9.17) is 0 Å². The van der Waals surface area contributed by atoms with Crippen LogP contribution in [0.15, 0.2) is 24.8 Å². The van der Waals surface area contributed by atoms with Gasteiger partial charge in [-0.3, -0.25) is 0 Å². The van der Waals surface area contributed by atoms with Gasteiger partial charge in [0.1, 0.15) is 0 Å². The third-order valence-corrected chi connectivity index (χ3v) is 2.74. The van der Waals surface area contributed by atoms with Crippen molar-refractivity contribution in [3.63, 3.8) is 0 Å². The SMILES string of the molecule is C=Cc1cccc(C(C)CC)c1NC. The molecule has 1 heteroatoms. The van der Waals surface area contributed by atoms with E-state index >= 15 is 0 Å². The summed E-state index contributed by atoms with van der Waals surface area (Å²) in [6.45, 7) is 8.29. The molecule has 1 N–H and O–H groups in total. The summed E-state index contributed by atoms with van der Waals surface area (Å²) in [5.41, 5.74) is 3.79. The minimum absolute atomic E-state index is 0.595. The van der Waals surface area contributed by atoms with Gasteiger partial charge in [0.2, 0.25) is 0 Å². The molecule has 1 atom stereocenters. The first kappa shape index (κ1) is 10.8. The van der Waals surface area contributed by atoms with Crippen molar-refractivity contribution >= 4 is 11.8 Å². The van der Waals surface area contributed by atoms with Crippen LogP contribution >= 0.6 is 0 Å². The summed E-state index contributed by atoms with van der Waals surface area (Å²) in [6.07, 6.45) is 3.06. The van der Waals surface area contributed by atoms with Gasteiger partial charge >= 0.3 is 0 Å². The fourth-order valence-corrected chi connectivity index (χ4v) is 1.68. The summed E-state index contributed by atoms with van der Waals surface area (Å²) in [7, 11) is 1.97. The van der Waals surface area contributed by atoms with Crippen molar-refractivity contribution in [1.82, 2.24) is 0 Å². The summed E-state index contributed by atoms with van der Waals surface area (Å²) >= 11 is 0. The zero-order valence-corrected chi connectivity index (χ0v) is 9.30. The Balaban J connectivity index is 3.21. The lowest BCUT2D eigenvalue weighted by molar-refractivity contribution is 0.735. The van der Waals surface area contributed by atoms with E-state index < -0.39 is 0 Å². The number of hydrogen-bond donors (Lipinski definition) is 1. The van der Waals surface area contributed by atoms with Crippen molar-refractivity contribution in [2.45, 2.75) is 26.2 Å². The highest BCUT2D eigenvalue weighted by Gasteiger charge is 2.09. The molecule has 0 aromatic heterocycles. The van der Waals surface area contributed by atoms with Gasteiger partial charge in [0.15, 0.2) is 0 Å². The normalized spacial score (nSPS) is 12.2. The maximum absolute atomic E-state index is 3.83. The van der Waals surface area contributed by atoms with E-state index in [1.807, 2.05) is 13.1 Å². The molecule has 1 unspecified atom stereocenters. The molecule has 1 aromatic carbocycles. The van der Waals surface area contributed by atoms with Crippen molar-refractivity contribution in [3.8, 4) is 0 Å². The fraction of sp³-hybridized carbons (Fsp3) is 0.385. The van der Waals surface area contributed by atoms with E-state index in [9.17, 15) is 0 Å². The molecule has 0 saturated carbocycles. The largest absolute Gasteiger partial charge is 0.387 e. The second-order valence-corrected chi connectivity index (χ2v) is 3.57. The van der Waals surface area contributed by atoms with Gasteiger partial charge in [0, 0.05) is 12.7 Å². The van der Waals surface area contributed by atoms with Crippen LogP contribution in [0.5, 0.6) is 0 Å². The molecule has 76 valence electrons. The molecule has 0 aliphatic heterocycles. The zero-order valence-electron chi connectivity index (χ0n) is 9.30. The Bertz CT molecular complexity index is 315. The Morgan fingerprint density at radius 1 is 1.50 bits per heavy atom. The van der Waals surface area contributed by atoms with E-state index in [2.05, 4.69) is 43.9 Å². The highest BCUT2D eigenvalue weighted by Crippen LogP contribution is 2.29. The fourth-order valence-electron chi connectivity index (χ4n) is 1.68. The van der Waals surface area contributed by atoms with Crippen LogP contribution in [-0.2, 0) is 0 Å². The molecule has 0 bridgehead atoms. The van der Waals surface area contributed by atoms with Crippen LogP contribution in [0.25, 0.3) is 6.08 Å². The number of nitrogens with one attached hydrogen (secondary N) is 1. The van der Waals surface area contributed by atoms with Gasteiger partial charge in [-0.25, -0.2) is 0 Å². The molecular weight excluding hydrogens is 170 g/mol. The molecule has 0 aliphatic rings. The van der Waals surface area contributed by atoms with Crippen LogP contribution in [-0.4, -0.2) is 7.05 Å². The third kappa shape index (κ3) is 1.98. The molecule has 1 nitrogen and oxygen atoms in total. The maximum Gasteiger partial charge on any atom is 0.0446 e. The van der Waals surface area contributed by atoms with E-state index in [-0.39, 0.29) is 0 Å². The van der Waals surface area contributed by atoms with Gasteiger partial charge in [-0.05, 0) is 23.5 Å². The minimum atomic E-state index is 0.595. The second kappa shape index (κ2) is 4.85. The second-order valence-electron chi connectivity index (χ2n) is 3.57. The van der Waals surface area contributed by atoms with Crippen molar-refractivity contribution in [2.24, 2.45) is 0 Å². The average Bonchev–Trinajstić information content (AvgIpc) is 2.26. The van der Waals surface area contributed by atoms with Gasteiger partial charge < -0.3 is 5.32 Å². The molecule has 0 heterocycles. The van der Waals surface area contributed by atoms with Crippen molar-refractivity contribution in [1.29, 1.82) is 0 Å². The quantitative estimate of drug-likeness (QED) is 0.757. The zero-order chi connectivity index (χ0) is 10.6. The van der Waals surface area contributed by atoms with Crippen molar-refractivity contribution in [3.05, 3.63) is 35.9 Å². The molecule has 1 rings (SSSR count). The lowest BCUT2D eigenvalue weighted by atomic mass is 9.94. The lowest BCUT2D eigenvalue weighted by Gasteiger charge is -2.16. The van der Waals surface area contributed by atoms with Gasteiger partial charge in [-0.15, -0.1) is 0 Å². The van der Waals surface area contributed by atoms with Crippen LogP contribution in [0.1, 0.15) is 37.3 Å². The monoisotopic (exact) mass is 189 g/mol. The maximum atomic E-state index is 3.83. The van der Waals surface area contributed by atoms with E-state index in [0.29, 0.717) is 5.92 Å². The number of anilines is 1. The number of hydrogen-bond acceptors (Lipinski definition) is 1. The number of benzene rings is 1. The summed E-state index contributed by atoms with van der Waals surface area (Å²) in [4.78, 5) is 0. The summed E-state index contributed by atoms with van der Waals surface area (Å²) in [5.74, 6) is 0.595. The number of rotatable bonds is 4. The van der Waals surface area contributed by atoms with Gasteiger partial charge in [0.25, 0.3) is 0 Å². The van der Waals surface area contributed by atoms with E-state index in [1.165, 1.54) is 16.8 Å². The Hall–Kier alpha value is -1.24. The Kier molecular flexibility index (Phi) is 3.75. The highest BCUT2D eigenvalue weighted by molar-refractivity contribution is 5.69. The highest BCUT2D eigenvalue weighted by atomic mass is 14.8. The van der Waals surface area contributed by atoms with Crippen molar-refractivity contribution in [2.75, 3.05) is 12.4 Å². The summed E-state index contributed by atoms with van der Waals surface area (Å²) < 4.78 is 0. The molecule has 0 radical (unpaired) electrons. The molecule has 0 spiro atoms. The molecule has 0 aliphatic carbocycles. The van der Waals surface area contributed by atoms with Gasteiger partial charge in [-0.1, -0.05) is 44.7 Å². The molecule has 0 amide bonds. The standard InChI is InChI=1S/C13H19N/c1-5-10(3)12-9-7-8-11(6-2)13(12)14-4/h6-10,14H,2,5H2,1,3-4H3. The Morgan fingerprint density at radius 3 is 2.71 bits per heavy atom. The molecular formula is C13H19N. The molecule has 0 fully saturated rings. The predicted octanol–water partition coefficient (Wildman–Crippen LogP) is 3.88. The van der Waals surface area contributed by atoms with E-state index in [1.54, 1.807) is 0 Å². The first-order valence-electron chi connectivity index (χ1n) is 5.17. The van der Waals surface area contributed by atoms with Crippen LogP contribution in [0.4, 0.5) is 5.69 Å². The van der Waals surface area contributed by atoms with Gasteiger partial charge in [0.05, 0.1) is 0 Å². The average molecular weight is 189 g/mol. The first-order chi connectivity index (χ1) is 6.74. The summed E-state index contributed by atoms with van der Waals surface area (Å²) in [5, 5.41) is 3.26. The Labute approximate surface area is 86.8 Å². The topological polar surface area (TPSA) is 12.0 Å².